The Hall–Kier alpha value is -0.860. The Kier molecular flexibility index (Phi) is 6.06. The monoisotopic (exact) mass is 274 g/mol. The molecule has 3 unspecified atom stereocenters. The Labute approximate surface area is 124 Å². The third kappa shape index (κ3) is 4.32. The summed E-state index contributed by atoms with van der Waals surface area (Å²) >= 11 is 0. The van der Waals surface area contributed by atoms with Crippen LogP contribution in [0.3, 0.4) is 0 Å². The first-order chi connectivity index (χ1) is 9.70. The summed E-state index contributed by atoms with van der Waals surface area (Å²) in [4.78, 5) is 2.66. The minimum absolute atomic E-state index is 0.499. The number of rotatable bonds is 7. The number of benzene rings is 1. The maximum atomic E-state index is 3.71. The quantitative estimate of drug-likeness (QED) is 0.812. The number of nitrogens with one attached hydrogen (secondary N) is 1. The van der Waals surface area contributed by atoms with E-state index in [-0.39, 0.29) is 0 Å². The molecule has 0 saturated carbocycles. The van der Waals surface area contributed by atoms with Crippen molar-refractivity contribution < 1.29 is 0 Å². The molecular weight excluding hydrogens is 244 g/mol. The summed E-state index contributed by atoms with van der Waals surface area (Å²) in [5, 5.41) is 3.71. The number of nitrogens with zero attached hydrogens (tertiary/aromatic N) is 1. The molecule has 2 heteroatoms. The molecule has 1 aromatic rings. The second-order valence-electron chi connectivity index (χ2n) is 6.39. The van der Waals surface area contributed by atoms with E-state index in [1.54, 1.807) is 0 Å². The van der Waals surface area contributed by atoms with Crippen molar-refractivity contribution >= 4 is 0 Å². The van der Waals surface area contributed by atoms with Crippen molar-refractivity contribution in [3.63, 3.8) is 0 Å². The van der Waals surface area contributed by atoms with E-state index in [1.165, 1.54) is 37.9 Å². The number of hydrogen-bond acceptors (Lipinski definition) is 2. The van der Waals surface area contributed by atoms with E-state index in [9.17, 15) is 0 Å². The minimum Gasteiger partial charge on any atom is -0.310 e. The van der Waals surface area contributed by atoms with Crippen LogP contribution in [0.5, 0.6) is 0 Å². The van der Waals surface area contributed by atoms with Crippen molar-refractivity contribution in [2.75, 3.05) is 19.6 Å². The number of hydrogen-bond donors (Lipinski definition) is 1. The van der Waals surface area contributed by atoms with E-state index >= 15 is 0 Å². The van der Waals surface area contributed by atoms with Crippen LogP contribution in [0.1, 0.15) is 51.6 Å². The molecule has 1 aliphatic rings. The smallest absolute Gasteiger partial charge is 0.0332 e. The van der Waals surface area contributed by atoms with E-state index in [1.807, 2.05) is 0 Å². The van der Waals surface area contributed by atoms with Crippen LogP contribution in [0.4, 0.5) is 0 Å². The molecule has 1 saturated heterocycles. The van der Waals surface area contributed by atoms with Gasteiger partial charge in [-0.2, -0.15) is 0 Å². The van der Waals surface area contributed by atoms with Crippen LogP contribution in [-0.4, -0.2) is 30.6 Å². The van der Waals surface area contributed by atoms with Crippen molar-refractivity contribution in [2.24, 2.45) is 5.92 Å². The van der Waals surface area contributed by atoms with Crippen molar-refractivity contribution in [3.8, 4) is 0 Å². The van der Waals surface area contributed by atoms with Crippen LogP contribution in [0, 0.1) is 5.92 Å². The predicted octanol–water partition coefficient (Wildman–Crippen LogP) is 3.85. The molecule has 1 aliphatic heterocycles. The standard InChI is InChI=1S/C18H30N2/c1-4-11-19-18(17-8-6-5-7-9-17)10-12-20-14-15(2)13-16(20)3/h5-9,15-16,18-19H,4,10-14H2,1-3H3. The average Bonchev–Trinajstić information content (AvgIpc) is 2.78. The molecule has 1 N–H and O–H groups in total. The van der Waals surface area contributed by atoms with Crippen molar-refractivity contribution in [2.45, 2.75) is 52.1 Å². The summed E-state index contributed by atoms with van der Waals surface area (Å²) in [6, 6.07) is 12.2. The first kappa shape index (κ1) is 15.5. The fraction of sp³-hybridized carbons (Fsp3) is 0.667. The second-order valence-corrected chi connectivity index (χ2v) is 6.39. The van der Waals surface area contributed by atoms with Gasteiger partial charge in [0.05, 0.1) is 0 Å². The van der Waals surface area contributed by atoms with Gasteiger partial charge in [0.15, 0.2) is 0 Å². The highest BCUT2D eigenvalue weighted by atomic mass is 15.2. The van der Waals surface area contributed by atoms with E-state index in [0.717, 1.165) is 18.5 Å². The van der Waals surface area contributed by atoms with Crippen LogP contribution >= 0.6 is 0 Å². The lowest BCUT2D eigenvalue weighted by molar-refractivity contribution is 0.248. The van der Waals surface area contributed by atoms with Gasteiger partial charge in [0.1, 0.15) is 0 Å². The highest BCUT2D eigenvalue weighted by Crippen LogP contribution is 2.24. The zero-order chi connectivity index (χ0) is 14.4. The molecule has 0 aliphatic carbocycles. The van der Waals surface area contributed by atoms with E-state index in [2.05, 4.69) is 61.3 Å². The zero-order valence-corrected chi connectivity index (χ0v) is 13.3. The van der Waals surface area contributed by atoms with Crippen molar-refractivity contribution in [3.05, 3.63) is 35.9 Å². The van der Waals surface area contributed by atoms with Gasteiger partial charge in [-0.05, 0) is 44.2 Å². The summed E-state index contributed by atoms with van der Waals surface area (Å²) in [6.45, 7) is 10.6. The van der Waals surface area contributed by atoms with Crippen molar-refractivity contribution in [1.82, 2.24) is 10.2 Å². The van der Waals surface area contributed by atoms with Gasteiger partial charge in [-0.15, -0.1) is 0 Å². The van der Waals surface area contributed by atoms with Gasteiger partial charge < -0.3 is 10.2 Å². The third-order valence-corrected chi connectivity index (χ3v) is 4.46. The lowest BCUT2D eigenvalue weighted by atomic mass is 10.0. The molecule has 2 nitrogen and oxygen atoms in total. The molecule has 1 aromatic carbocycles. The maximum absolute atomic E-state index is 3.71. The van der Waals surface area contributed by atoms with Gasteiger partial charge >= 0.3 is 0 Å². The molecule has 20 heavy (non-hydrogen) atoms. The fourth-order valence-corrected chi connectivity index (χ4v) is 3.38. The van der Waals surface area contributed by atoms with Gasteiger partial charge in [-0.3, -0.25) is 0 Å². The first-order valence-corrected chi connectivity index (χ1v) is 8.23. The van der Waals surface area contributed by atoms with Gasteiger partial charge in [0.25, 0.3) is 0 Å². The highest BCUT2D eigenvalue weighted by Gasteiger charge is 2.26. The SMILES string of the molecule is CCCNC(CCN1CC(C)CC1C)c1ccccc1. The van der Waals surface area contributed by atoms with Crippen molar-refractivity contribution in [1.29, 1.82) is 0 Å². The van der Waals surface area contributed by atoms with E-state index in [0.29, 0.717) is 6.04 Å². The molecule has 2 rings (SSSR count). The Morgan fingerprint density at radius 3 is 2.60 bits per heavy atom. The maximum Gasteiger partial charge on any atom is 0.0332 e. The van der Waals surface area contributed by atoms with Crippen LogP contribution in [0.2, 0.25) is 0 Å². The molecule has 1 fully saturated rings. The second kappa shape index (κ2) is 7.80. The van der Waals surface area contributed by atoms with E-state index in [4.69, 9.17) is 0 Å². The minimum atomic E-state index is 0.499. The molecular formula is C18H30N2. The summed E-state index contributed by atoms with van der Waals surface area (Å²) in [7, 11) is 0. The molecule has 112 valence electrons. The van der Waals surface area contributed by atoms with Gasteiger partial charge in [-0.25, -0.2) is 0 Å². The van der Waals surface area contributed by atoms with E-state index < -0.39 is 0 Å². The summed E-state index contributed by atoms with van der Waals surface area (Å²) in [5.41, 5.74) is 1.43. The van der Waals surface area contributed by atoms with Crippen LogP contribution in [-0.2, 0) is 0 Å². The van der Waals surface area contributed by atoms with Crippen LogP contribution < -0.4 is 5.32 Å². The summed E-state index contributed by atoms with van der Waals surface area (Å²) < 4.78 is 0. The van der Waals surface area contributed by atoms with Gasteiger partial charge in [0, 0.05) is 25.2 Å². The summed E-state index contributed by atoms with van der Waals surface area (Å²) in [6.07, 6.45) is 3.76. The Morgan fingerprint density at radius 1 is 1.25 bits per heavy atom. The molecule has 3 atom stereocenters. The lowest BCUT2D eigenvalue weighted by Crippen LogP contribution is -2.32. The lowest BCUT2D eigenvalue weighted by Gasteiger charge is -2.25. The number of likely N-dealkylation sites (tertiary alicyclic amines) is 1. The molecule has 1 heterocycles. The zero-order valence-electron chi connectivity index (χ0n) is 13.3. The average molecular weight is 274 g/mol. The topological polar surface area (TPSA) is 15.3 Å². The Bertz CT molecular complexity index is 376. The molecule has 0 spiro atoms. The molecule has 0 bridgehead atoms. The van der Waals surface area contributed by atoms with Crippen LogP contribution in [0.25, 0.3) is 0 Å². The summed E-state index contributed by atoms with van der Waals surface area (Å²) in [5.74, 6) is 0.865. The van der Waals surface area contributed by atoms with Gasteiger partial charge in [0.2, 0.25) is 0 Å². The Morgan fingerprint density at radius 2 is 2.00 bits per heavy atom. The highest BCUT2D eigenvalue weighted by molar-refractivity contribution is 5.18. The largest absolute Gasteiger partial charge is 0.310 e. The molecule has 0 radical (unpaired) electrons. The Balaban J connectivity index is 1.91. The molecule has 0 aromatic heterocycles. The normalized spacial score (nSPS) is 24.9. The first-order valence-electron chi connectivity index (χ1n) is 8.23. The molecule has 0 amide bonds. The fourth-order valence-electron chi connectivity index (χ4n) is 3.38. The van der Waals surface area contributed by atoms with Gasteiger partial charge in [-0.1, -0.05) is 44.2 Å². The van der Waals surface area contributed by atoms with Crippen LogP contribution in [0.15, 0.2) is 30.3 Å². The predicted molar refractivity (Wildman–Crippen MR) is 86.9 cm³/mol. The third-order valence-electron chi connectivity index (χ3n) is 4.46.